The zero-order valence-electron chi connectivity index (χ0n) is 33.5. The molecule has 2 fully saturated rings. The lowest BCUT2D eigenvalue weighted by Gasteiger charge is -2.45. The first-order chi connectivity index (χ1) is 27.2. The molecule has 316 valence electrons. The minimum absolute atomic E-state index is 0.158. The molecule has 2 aliphatic carbocycles. The molecule has 0 aromatic heterocycles. The quantitative estimate of drug-likeness (QED) is 0.104. The first kappa shape index (κ1) is 45.2. The van der Waals surface area contributed by atoms with Crippen LogP contribution in [0.15, 0.2) is 24.3 Å². The van der Waals surface area contributed by atoms with Gasteiger partial charge in [0.1, 0.15) is 29.4 Å². The molecule has 2 N–H and O–H groups in total. The summed E-state index contributed by atoms with van der Waals surface area (Å²) in [5, 5.41) is 2.87. The SMILES string of the molecule is CCC1([NH2+]C2(CC)CCCCC2)CCCCC1.Cc1cc(F)c([B-](c2c(F)cc(C)c(F)c2F)(c2c(F)cc(C)c(F)c2F)c2c(F)cc(C)c(F)c2F)c(F)c1F. The lowest BCUT2D eigenvalue weighted by atomic mass is 9.12. The van der Waals surface area contributed by atoms with Gasteiger partial charge < -0.3 is 5.32 Å². The number of halogens is 12. The van der Waals surface area contributed by atoms with Crippen molar-refractivity contribution in [2.75, 3.05) is 0 Å². The average Bonchev–Trinajstić information content (AvgIpc) is 3.18. The second-order valence-electron chi connectivity index (χ2n) is 16.4. The van der Waals surface area contributed by atoms with Gasteiger partial charge in [-0.15, -0.1) is 21.9 Å². The van der Waals surface area contributed by atoms with Gasteiger partial charge in [-0.05, 0) is 113 Å². The Balaban J connectivity index is 0.000000313. The van der Waals surface area contributed by atoms with E-state index < -0.39 is 120 Å². The van der Waals surface area contributed by atoms with E-state index in [1.54, 1.807) is 0 Å². The summed E-state index contributed by atoms with van der Waals surface area (Å²) in [5.74, 6) is -26.3. The molecule has 0 aliphatic heterocycles. The van der Waals surface area contributed by atoms with E-state index >= 15 is 35.1 Å². The predicted octanol–water partition coefficient (Wildman–Crippen LogP) is 9.74. The van der Waals surface area contributed by atoms with Gasteiger partial charge in [0, 0.05) is 25.7 Å². The number of nitrogens with two attached hydrogens (primary N) is 1. The third-order valence-electron chi connectivity index (χ3n) is 13.0. The summed E-state index contributed by atoms with van der Waals surface area (Å²) in [6.07, 6.45) is 12.0. The van der Waals surface area contributed by atoms with Crippen LogP contribution in [0.2, 0.25) is 0 Å². The molecule has 58 heavy (non-hydrogen) atoms. The summed E-state index contributed by atoms with van der Waals surface area (Å²) in [6.45, 7) is 8.04. The van der Waals surface area contributed by atoms with Gasteiger partial charge in [0.15, 0.2) is 23.3 Å². The lowest BCUT2D eigenvalue weighted by molar-refractivity contribution is -0.796. The van der Waals surface area contributed by atoms with Crippen LogP contribution < -0.4 is 27.2 Å². The Kier molecular flexibility index (Phi) is 13.5. The Morgan fingerprint density at radius 3 is 0.828 bits per heavy atom. The Labute approximate surface area is 331 Å². The van der Waals surface area contributed by atoms with E-state index in [2.05, 4.69) is 19.2 Å². The monoisotopic (exact) mass is 829 g/mol. The van der Waals surface area contributed by atoms with Crippen molar-refractivity contribution in [3.05, 3.63) is 116 Å². The van der Waals surface area contributed by atoms with Crippen LogP contribution in [0.4, 0.5) is 52.7 Å². The van der Waals surface area contributed by atoms with Crippen LogP contribution in [-0.4, -0.2) is 17.2 Å². The third-order valence-corrected chi connectivity index (χ3v) is 13.0. The second-order valence-corrected chi connectivity index (χ2v) is 16.4. The predicted molar refractivity (Wildman–Crippen MR) is 203 cm³/mol. The van der Waals surface area contributed by atoms with Crippen LogP contribution in [0, 0.1) is 97.5 Å². The Hall–Kier alpha value is -3.94. The average molecular weight is 830 g/mol. The molecule has 0 bridgehead atoms. The van der Waals surface area contributed by atoms with Gasteiger partial charge in [-0.3, -0.25) is 0 Å². The highest BCUT2D eigenvalue weighted by molar-refractivity contribution is 7.20. The summed E-state index contributed by atoms with van der Waals surface area (Å²) in [4.78, 5) is 0. The van der Waals surface area contributed by atoms with E-state index in [0.29, 0.717) is 11.1 Å². The van der Waals surface area contributed by atoms with Crippen LogP contribution in [0.25, 0.3) is 0 Å². The fourth-order valence-electron chi connectivity index (χ4n) is 9.72. The molecule has 0 radical (unpaired) electrons. The standard InChI is InChI=1S/C28H16BF12.C16H31N/c1-9-5-13(30)17(25(38)21(9)34)29(18-14(31)6-10(2)22(35)26(18)39,19-15(32)7-11(3)23(36)27(19)40)20-16(33)8-12(4)24(37)28(20)41;1-3-15(11-7-5-8-12-15)17-16(4-2)13-9-6-10-14-16/h5-8H,1-4H3;17H,3-14H2,1-2H3/q-1;/p+1. The first-order valence-electron chi connectivity index (χ1n) is 19.8. The van der Waals surface area contributed by atoms with Crippen molar-refractivity contribution in [1.29, 1.82) is 0 Å². The molecular formula is C44H48BF12N. The number of hydrogen-bond donors (Lipinski definition) is 1. The van der Waals surface area contributed by atoms with Gasteiger partial charge in [0.25, 0.3) is 0 Å². The van der Waals surface area contributed by atoms with Gasteiger partial charge in [-0.1, -0.05) is 26.7 Å². The van der Waals surface area contributed by atoms with Gasteiger partial charge >= 0.3 is 0 Å². The number of aryl methyl sites for hydroxylation is 4. The minimum Gasteiger partial charge on any atom is -0.337 e. The second kappa shape index (κ2) is 17.3. The highest BCUT2D eigenvalue weighted by atomic mass is 19.2. The summed E-state index contributed by atoms with van der Waals surface area (Å²) in [5.41, 5.74) is -10.6. The number of quaternary nitrogens is 1. The number of benzene rings is 4. The first-order valence-corrected chi connectivity index (χ1v) is 19.8. The molecular weight excluding hydrogens is 781 g/mol. The molecule has 2 aliphatic rings. The van der Waals surface area contributed by atoms with Gasteiger partial charge in [0.2, 0.25) is 0 Å². The van der Waals surface area contributed by atoms with Crippen molar-refractivity contribution in [2.45, 2.75) is 130 Å². The van der Waals surface area contributed by atoms with E-state index in [-0.39, 0.29) is 24.3 Å². The van der Waals surface area contributed by atoms with Crippen LogP contribution in [0.5, 0.6) is 0 Å². The van der Waals surface area contributed by atoms with Crippen molar-refractivity contribution in [2.24, 2.45) is 0 Å². The van der Waals surface area contributed by atoms with Crippen LogP contribution in [0.1, 0.15) is 113 Å². The van der Waals surface area contributed by atoms with Crippen molar-refractivity contribution < 1.29 is 58.0 Å². The molecule has 0 spiro atoms. The van der Waals surface area contributed by atoms with E-state index in [4.69, 9.17) is 0 Å². The molecule has 4 aromatic rings. The largest absolute Gasteiger partial charge is 0.337 e. The van der Waals surface area contributed by atoms with Crippen LogP contribution >= 0.6 is 0 Å². The Morgan fingerprint density at radius 2 is 0.621 bits per heavy atom. The maximum atomic E-state index is 15.8. The van der Waals surface area contributed by atoms with Crippen molar-refractivity contribution in [3.63, 3.8) is 0 Å². The normalized spacial score (nSPS) is 16.6. The Bertz CT molecular complexity index is 1910. The molecule has 2 saturated carbocycles. The molecule has 4 aromatic carbocycles. The maximum Gasteiger partial charge on any atom is 0.158 e. The fraction of sp³-hybridized carbons (Fsp3) is 0.455. The van der Waals surface area contributed by atoms with Crippen LogP contribution in [-0.2, 0) is 0 Å². The Morgan fingerprint density at radius 1 is 0.397 bits per heavy atom. The highest BCUT2D eigenvalue weighted by Crippen LogP contribution is 2.33. The lowest BCUT2D eigenvalue weighted by Crippen LogP contribution is -3.06. The summed E-state index contributed by atoms with van der Waals surface area (Å²) >= 11 is 0. The zero-order valence-corrected chi connectivity index (χ0v) is 33.5. The van der Waals surface area contributed by atoms with Gasteiger partial charge in [-0.2, -0.15) is 0 Å². The van der Waals surface area contributed by atoms with Crippen molar-refractivity contribution in [3.8, 4) is 0 Å². The summed E-state index contributed by atoms with van der Waals surface area (Å²) in [6, 6.07) is 0.632. The summed E-state index contributed by atoms with van der Waals surface area (Å²) < 4.78 is 186. The topological polar surface area (TPSA) is 16.6 Å². The number of rotatable bonds is 8. The molecule has 0 heterocycles. The molecule has 0 atom stereocenters. The highest BCUT2D eigenvalue weighted by Gasteiger charge is 2.49. The smallest absolute Gasteiger partial charge is 0.158 e. The van der Waals surface area contributed by atoms with E-state index in [9.17, 15) is 17.6 Å². The summed E-state index contributed by atoms with van der Waals surface area (Å²) in [7, 11) is 0. The van der Waals surface area contributed by atoms with E-state index in [0.717, 1.165) is 27.7 Å². The molecule has 1 nitrogen and oxygen atoms in total. The molecule has 0 saturated heterocycles. The molecule has 6 rings (SSSR count). The fourth-order valence-corrected chi connectivity index (χ4v) is 9.72. The van der Waals surface area contributed by atoms with Crippen molar-refractivity contribution in [1.82, 2.24) is 0 Å². The van der Waals surface area contributed by atoms with E-state index in [1.807, 2.05) is 0 Å². The molecule has 14 heteroatoms. The third kappa shape index (κ3) is 7.78. The van der Waals surface area contributed by atoms with Crippen LogP contribution in [0.3, 0.4) is 0 Å². The van der Waals surface area contributed by atoms with Gasteiger partial charge in [0.05, 0.1) is 34.3 Å². The maximum absolute atomic E-state index is 15.8. The molecule has 0 amide bonds. The van der Waals surface area contributed by atoms with Crippen molar-refractivity contribution >= 4 is 28.0 Å². The van der Waals surface area contributed by atoms with E-state index in [1.165, 1.54) is 77.0 Å². The molecule has 0 unspecified atom stereocenters. The zero-order chi connectivity index (χ0) is 43.1. The number of hydrogen-bond acceptors (Lipinski definition) is 0. The van der Waals surface area contributed by atoms with Gasteiger partial charge in [-0.25, -0.2) is 52.7 Å². The minimum atomic E-state index is -5.51.